The van der Waals surface area contributed by atoms with E-state index in [1.54, 1.807) is 7.05 Å². The first-order chi connectivity index (χ1) is 16.4. The zero-order valence-electron chi connectivity index (χ0n) is 20.7. The molecule has 0 heterocycles. The van der Waals surface area contributed by atoms with Crippen molar-refractivity contribution < 1.29 is 9.47 Å². The fourth-order valence-corrected chi connectivity index (χ4v) is 4.05. The lowest BCUT2D eigenvalue weighted by molar-refractivity contribution is 0.216. The summed E-state index contributed by atoms with van der Waals surface area (Å²) in [5.74, 6) is 1.07. The second-order valence-electron chi connectivity index (χ2n) is 9.10. The summed E-state index contributed by atoms with van der Waals surface area (Å²) in [4.78, 5) is 4.50. The second kappa shape index (κ2) is 12.2. The van der Waals surface area contributed by atoms with Crippen molar-refractivity contribution in [2.24, 2.45) is 10.4 Å². The summed E-state index contributed by atoms with van der Waals surface area (Å²) in [6.07, 6.45) is 0.568. The standard InChI is InChI=1S/C30H36N2O2/c1-23(26-16-10-6-11-17-26)21-33-28(31)30(3,20-25-14-8-5-9-15-25)29(32-4)34-22-24(2)27-18-12-7-13-19-27/h5-19,23-24,31H,20-22H2,1-4H3/t23-,24-,30?/m0/s1. The summed E-state index contributed by atoms with van der Waals surface area (Å²) in [5.41, 5.74) is 2.70. The van der Waals surface area contributed by atoms with E-state index in [1.807, 2.05) is 61.5 Å². The van der Waals surface area contributed by atoms with Gasteiger partial charge in [-0.1, -0.05) is 105 Å². The minimum absolute atomic E-state index is 0.170. The zero-order chi connectivity index (χ0) is 24.4. The normalized spacial score (nSPS) is 15.1. The molecule has 3 atom stereocenters. The van der Waals surface area contributed by atoms with E-state index in [4.69, 9.17) is 14.9 Å². The van der Waals surface area contributed by atoms with Crippen LogP contribution in [0.1, 0.15) is 49.3 Å². The van der Waals surface area contributed by atoms with E-state index < -0.39 is 5.41 Å². The third kappa shape index (κ3) is 6.57. The first-order valence-electron chi connectivity index (χ1n) is 11.9. The van der Waals surface area contributed by atoms with Gasteiger partial charge in [-0.25, -0.2) is 0 Å². The smallest absolute Gasteiger partial charge is 0.198 e. The van der Waals surface area contributed by atoms with E-state index in [2.05, 4.69) is 55.2 Å². The minimum Gasteiger partial charge on any atom is -0.480 e. The molecule has 0 amide bonds. The monoisotopic (exact) mass is 456 g/mol. The van der Waals surface area contributed by atoms with Crippen LogP contribution in [0.25, 0.3) is 0 Å². The number of aliphatic imine (C=N–C) groups is 1. The van der Waals surface area contributed by atoms with Crippen molar-refractivity contribution in [3.8, 4) is 0 Å². The van der Waals surface area contributed by atoms with Crippen LogP contribution in [-0.2, 0) is 15.9 Å². The fourth-order valence-electron chi connectivity index (χ4n) is 4.05. The van der Waals surface area contributed by atoms with Gasteiger partial charge in [0.15, 0.2) is 11.8 Å². The summed E-state index contributed by atoms with van der Waals surface area (Å²) < 4.78 is 12.4. The van der Waals surface area contributed by atoms with Gasteiger partial charge in [-0.15, -0.1) is 0 Å². The van der Waals surface area contributed by atoms with Crippen LogP contribution in [0.4, 0.5) is 0 Å². The number of hydrogen-bond donors (Lipinski definition) is 1. The van der Waals surface area contributed by atoms with E-state index in [1.165, 1.54) is 11.1 Å². The maximum Gasteiger partial charge on any atom is 0.198 e. The zero-order valence-corrected chi connectivity index (χ0v) is 20.7. The molecule has 3 aromatic rings. The number of ether oxygens (including phenoxy) is 2. The summed E-state index contributed by atoms with van der Waals surface area (Å²) in [7, 11) is 1.73. The molecule has 0 spiro atoms. The van der Waals surface area contributed by atoms with Crippen molar-refractivity contribution >= 4 is 11.8 Å². The molecule has 0 aliphatic carbocycles. The van der Waals surface area contributed by atoms with Crippen LogP contribution in [0.2, 0.25) is 0 Å². The molecule has 0 saturated carbocycles. The van der Waals surface area contributed by atoms with Gasteiger partial charge >= 0.3 is 0 Å². The Morgan fingerprint density at radius 3 is 1.68 bits per heavy atom. The number of nitrogens with zero attached hydrogens (tertiary/aromatic N) is 1. The van der Waals surface area contributed by atoms with Crippen LogP contribution in [0.3, 0.4) is 0 Å². The number of nitrogens with one attached hydrogen (secondary N) is 1. The summed E-state index contributed by atoms with van der Waals surface area (Å²) in [6, 6.07) is 30.7. The number of hydrogen-bond acceptors (Lipinski definition) is 4. The third-order valence-corrected chi connectivity index (χ3v) is 6.26. The quantitative estimate of drug-likeness (QED) is 0.267. The lowest BCUT2D eigenvalue weighted by atomic mass is 9.82. The van der Waals surface area contributed by atoms with E-state index in [9.17, 15) is 0 Å². The molecule has 178 valence electrons. The fraction of sp³-hybridized carbons (Fsp3) is 0.333. The highest BCUT2D eigenvalue weighted by molar-refractivity contribution is 6.03. The van der Waals surface area contributed by atoms with Crippen molar-refractivity contribution in [3.63, 3.8) is 0 Å². The Kier molecular flexibility index (Phi) is 9.03. The number of benzene rings is 3. The van der Waals surface area contributed by atoms with Crippen LogP contribution in [0, 0.1) is 10.8 Å². The Balaban J connectivity index is 1.76. The van der Waals surface area contributed by atoms with Gasteiger partial charge in [-0.05, 0) is 30.0 Å². The van der Waals surface area contributed by atoms with Gasteiger partial charge in [-0.3, -0.25) is 10.4 Å². The highest BCUT2D eigenvalue weighted by Crippen LogP contribution is 2.30. The van der Waals surface area contributed by atoms with E-state index in [0.717, 1.165) is 5.56 Å². The average Bonchev–Trinajstić information content (AvgIpc) is 2.88. The van der Waals surface area contributed by atoms with E-state index >= 15 is 0 Å². The molecular weight excluding hydrogens is 420 g/mol. The van der Waals surface area contributed by atoms with Gasteiger partial charge in [-0.2, -0.15) is 0 Å². The van der Waals surface area contributed by atoms with Crippen molar-refractivity contribution in [2.75, 3.05) is 20.3 Å². The average molecular weight is 457 g/mol. The largest absolute Gasteiger partial charge is 0.480 e. The van der Waals surface area contributed by atoms with Gasteiger partial charge in [0, 0.05) is 18.9 Å². The molecule has 0 saturated heterocycles. The summed E-state index contributed by atoms with van der Waals surface area (Å²) in [5, 5.41) is 8.95. The lowest BCUT2D eigenvalue weighted by Gasteiger charge is -2.32. The predicted octanol–water partition coefficient (Wildman–Crippen LogP) is 6.88. The molecule has 0 aliphatic heterocycles. The Labute approximate surface area is 204 Å². The molecular formula is C30H36N2O2. The first kappa shape index (κ1) is 25.2. The molecule has 3 aromatic carbocycles. The second-order valence-corrected chi connectivity index (χ2v) is 9.10. The summed E-state index contributed by atoms with van der Waals surface area (Å²) >= 11 is 0. The first-order valence-corrected chi connectivity index (χ1v) is 11.9. The van der Waals surface area contributed by atoms with Crippen LogP contribution < -0.4 is 0 Å². The van der Waals surface area contributed by atoms with Gasteiger partial charge in [0.25, 0.3) is 0 Å². The molecule has 1 N–H and O–H groups in total. The third-order valence-electron chi connectivity index (χ3n) is 6.26. The molecule has 0 radical (unpaired) electrons. The van der Waals surface area contributed by atoms with Gasteiger partial charge < -0.3 is 9.47 Å². The summed E-state index contributed by atoms with van der Waals surface area (Å²) in [6.45, 7) is 7.15. The molecule has 34 heavy (non-hydrogen) atoms. The van der Waals surface area contributed by atoms with Crippen molar-refractivity contribution in [3.05, 3.63) is 108 Å². The maximum absolute atomic E-state index is 8.95. The maximum atomic E-state index is 8.95. The molecule has 4 heteroatoms. The molecule has 1 unspecified atom stereocenters. The Hall–Kier alpha value is -3.40. The highest BCUT2D eigenvalue weighted by atomic mass is 16.5. The lowest BCUT2D eigenvalue weighted by Crippen LogP contribution is -2.42. The highest BCUT2D eigenvalue weighted by Gasteiger charge is 2.40. The van der Waals surface area contributed by atoms with Crippen molar-refractivity contribution in [1.29, 1.82) is 5.41 Å². The predicted molar refractivity (Wildman–Crippen MR) is 141 cm³/mol. The van der Waals surface area contributed by atoms with Crippen LogP contribution in [0.5, 0.6) is 0 Å². The van der Waals surface area contributed by atoms with Crippen LogP contribution in [-0.4, -0.2) is 32.1 Å². The minimum atomic E-state index is -0.817. The van der Waals surface area contributed by atoms with Gasteiger partial charge in [0.05, 0.1) is 13.2 Å². The van der Waals surface area contributed by atoms with Crippen LogP contribution >= 0.6 is 0 Å². The molecule has 3 rings (SSSR count). The molecule has 0 aliphatic rings. The van der Waals surface area contributed by atoms with E-state index in [0.29, 0.717) is 25.5 Å². The molecule has 0 fully saturated rings. The van der Waals surface area contributed by atoms with Crippen LogP contribution in [0.15, 0.2) is 96.0 Å². The molecule has 4 nitrogen and oxygen atoms in total. The van der Waals surface area contributed by atoms with Crippen molar-refractivity contribution in [2.45, 2.75) is 39.0 Å². The Morgan fingerprint density at radius 2 is 1.21 bits per heavy atom. The Morgan fingerprint density at radius 1 is 0.765 bits per heavy atom. The van der Waals surface area contributed by atoms with Gasteiger partial charge in [0.2, 0.25) is 0 Å². The van der Waals surface area contributed by atoms with E-state index in [-0.39, 0.29) is 17.7 Å². The van der Waals surface area contributed by atoms with Crippen molar-refractivity contribution in [1.82, 2.24) is 0 Å². The SMILES string of the molecule is CN=C(OC[C@H](C)c1ccccc1)C(C)(Cc1ccccc1)C(=N)OC[C@H](C)c1ccccc1. The number of rotatable bonds is 10. The topological polar surface area (TPSA) is 54.7 Å². The molecule has 0 aromatic heterocycles. The van der Waals surface area contributed by atoms with Gasteiger partial charge in [0.1, 0.15) is 5.41 Å². The molecule has 0 bridgehead atoms. The Bertz CT molecular complexity index is 1050.